The molecule has 7 heteroatoms. The van der Waals surface area contributed by atoms with Gasteiger partial charge in [-0.15, -0.1) is 0 Å². The zero-order valence-corrected chi connectivity index (χ0v) is 17.2. The fourth-order valence-electron chi connectivity index (χ4n) is 4.49. The molecule has 0 aliphatic carbocycles. The van der Waals surface area contributed by atoms with E-state index in [9.17, 15) is 9.59 Å². The maximum atomic E-state index is 12.7. The largest absolute Gasteiger partial charge is 0.352 e. The summed E-state index contributed by atoms with van der Waals surface area (Å²) in [6.45, 7) is 3.88. The zero-order chi connectivity index (χ0) is 20.8. The monoisotopic (exact) mass is 407 g/mol. The van der Waals surface area contributed by atoms with Crippen molar-refractivity contribution in [3.63, 3.8) is 0 Å². The molecule has 2 aliphatic rings. The van der Waals surface area contributed by atoms with Crippen molar-refractivity contribution in [1.29, 1.82) is 0 Å². The fourth-order valence-corrected chi connectivity index (χ4v) is 4.49. The van der Waals surface area contributed by atoms with Crippen LogP contribution >= 0.6 is 0 Å². The number of likely N-dealkylation sites (tertiary alicyclic amines) is 2. The number of amides is 2. The minimum absolute atomic E-state index is 0.0328. The molecule has 2 amide bonds. The summed E-state index contributed by atoms with van der Waals surface area (Å²) in [5.41, 5.74) is 1.67. The number of carbonyl (C=O) groups is 2. The minimum atomic E-state index is 0.0328. The number of hydrogen-bond acceptors (Lipinski definition) is 5. The van der Waals surface area contributed by atoms with E-state index in [2.05, 4.69) is 20.2 Å². The van der Waals surface area contributed by atoms with Gasteiger partial charge in [-0.2, -0.15) is 0 Å². The van der Waals surface area contributed by atoms with Crippen LogP contribution in [0.3, 0.4) is 0 Å². The van der Waals surface area contributed by atoms with Crippen LogP contribution in [0.4, 0.5) is 0 Å². The molecule has 158 valence electrons. The third kappa shape index (κ3) is 5.02. The smallest absolute Gasteiger partial charge is 0.255 e. The summed E-state index contributed by atoms with van der Waals surface area (Å²) in [6, 6.07) is 7.92. The Kier molecular flexibility index (Phi) is 6.69. The van der Waals surface area contributed by atoms with Crippen LogP contribution in [-0.4, -0.2) is 63.8 Å². The van der Waals surface area contributed by atoms with Crippen molar-refractivity contribution in [3.05, 3.63) is 60.2 Å². The van der Waals surface area contributed by atoms with E-state index < -0.39 is 0 Å². The summed E-state index contributed by atoms with van der Waals surface area (Å²) in [5.74, 6) is 0.228. The standard InChI is InChI=1S/C23H29N5O2/c29-22(26-15-18-4-1-9-24-14-18)20-6-3-11-28(17-20)21-7-12-27(13-8-21)23(30)19-5-2-10-25-16-19/h1-2,4-5,9-10,14,16,20-21H,3,6-8,11-13,15,17H2,(H,26,29)/t20-/m1/s1. The average molecular weight is 408 g/mol. The lowest BCUT2D eigenvalue weighted by atomic mass is 9.93. The number of aromatic nitrogens is 2. The van der Waals surface area contributed by atoms with Crippen molar-refractivity contribution in [3.8, 4) is 0 Å². The van der Waals surface area contributed by atoms with E-state index in [1.807, 2.05) is 23.1 Å². The molecule has 2 aromatic rings. The van der Waals surface area contributed by atoms with E-state index in [-0.39, 0.29) is 17.7 Å². The quantitative estimate of drug-likeness (QED) is 0.821. The molecular formula is C23H29N5O2. The Hall–Kier alpha value is -2.80. The molecule has 4 heterocycles. The Morgan fingerprint density at radius 1 is 1.00 bits per heavy atom. The van der Waals surface area contributed by atoms with Gasteiger partial charge in [-0.1, -0.05) is 6.07 Å². The lowest BCUT2D eigenvalue weighted by molar-refractivity contribution is -0.127. The Morgan fingerprint density at radius 2 is 1.77 bits per heavy atom. The molecule has 1 N–H and O–H groups in total. The molecule has 7 nitrogen and oxygen atoms in total. The molecule has 30 heavy (non-hydrogen) atoms. The summed E-state index contributed by atoms with van der Waals surface area (Å²) in [4.78, 5) is 37.8. The summed E-state index contributed by atoms with van der Waals surface area (Å²) in [5, 5.41) is 3.07. The maximum absolute atomic E-state index is 12.7. The van der Waals surface area contributed by atoms with Gasteiger partial charge in [-0.05, 0) is 56.0 Å². The third-order valence-corrected chi connectivity index (χ3v) is 6.19. The average Bonchev–Trinajstić information content (AvgIpc) is 2.83. The predicted octanol–water partition coefficient (Wildman–Crippen LogP) is 2.11. The van der Waals surface area contributed by atoms with Gasteiger partial charge in [0.05, 0.1) is 11.5 Å². The van der Waals surface area contributed by atoms with Crippen LogP contribution in [0.1, 0.15) is 41.6 Å². The number of nitrogens with zero attached hydrogens (tertiary/aromatic N) is 4. The van der Waals surface area contributed by atoms with Crippen LogP contribution in [0.15, 0.2) is 49.1 Å². The van der Waals surface area contributed by atoms with Crippen molar-refractivity contribution in [2.24, 2.45) is 5.92 Å². The lowest BCUT2D eigenvalue weighted by Crippen LogP contribution is -2.51. The number of hydrogen-bond donors (Lipinski definition) is 1. The molecule has 2 fully saturated rings. The second-order valence-electron chi connectivity index (χ2n) is 8.18. The van der Waals surface area contributed by atoms with Gasteiger partial charge in [0.2, 0.25) is 5.91 Å². The number of piperidine rings is 2. The first kappa shape index (κ1) is 20.5. The third-order valence-electron chi connectivity index (χ3n) is 6.19. The summed E-state index contributed by atoms with van der Waals surface area (Å²) >= 11 is 0. The first-order valence-corrected chi connectivity index (χ1v) is 10.8. The van der Waals surface area contributed by atoms with Gasteiger partial charge in [-0.3, -0.25) is 24.5 Å². The van der Waals surface area contributed by atoms with E-state index in [1.165, 1.54) is 0 Å². The highest BCUT2D eigenvalue weighted by atomic mass is 16.2. The molecule has 0 spiro atoms. The van der Waals surface area contributed by atoms with Gasteiger partial charge in [-0.25, -0.2) is 0 Å². The second-order valence-corrected chi connectivity index (χ2v) is 8.18. The molecule has 1 atom stereocenters. The van der Waals surface area contributed by atoms with Gasteiger partial charge >= 0.3 is 0 Å². The first-order valence-electron chi connectivity index (χ1n) is 10.8. The van der Waals surface area contributed by atoms with Crippen LogP contribution in [0.2, 0.25) is 0 Å². The van der Waals surface area contributed by atoms with Crippen molar-refractivity contribution in [2.45, 2.75) is 38.3 Å². The molecule has 2 saturated heterocycles. The summed E-state index contributed by atoms with van der Waals surface area (Å²) < 4.78 is 0. The fraction of sp³-hybridized carbons (Fsp3) is 0.478. The SMILES string of the molecule is O=C(NCc1cccnc1)[C@@H]1CCCN(C2CCN(C(=O)c3cccnc3)CC2)C1. The van der Waals surface area contributed by atoms with Crippen molar-refractivity contribution in [2.75, 3.05) is 26.2 Å². The van der Waals surface area contributed by atoms with Gasteiger partial charge < -0.3 is 10.2 Å². The second kappa shape index (κ2) is 9.80. The first-order chi connectivity index (χ1) is 14.7. The van der Waals surface area contributed by atoms with E-state index in [1.54, 1.807) is 30.9 Å². The molecule has 4 rings (SSSR count). The lowest BCUT2D eigenvalue weighted by Gasteiger charge is -2.42. The Balaban J connectivity index is 1.26. The van der Waals surface area contributed by atoms with Crippen LogP contribution in [0.25, 0.3) is 0 Å². The summed E-state index contributed by atoms with van der Waals surface area (Å²) in [6.07, 6.45) is 10.7. The number of nitrogens with one attached hydrogen (secondary N) is 1. The molecule has 2 aromatic heterocycles. The minimum Gasteiger partial charge on any atom is -0.352 e. The van der Waals surface area contributed by atoms with Crippen molar-refractivity contribution < 1.29 is 9.59 Å². The van der Waals surface area contributed by atoms with Gasteiger partial charge in [0, 0.05) is 57.0 Å². The molecule has 0 saturated carbocycles. The molecule has 0 radical (unpaired) electrons. The van der Waals surface area contributed by atoms with E-state index in [0.29, 0.717) is 18.2 Å². The molecule has 0 bridgehead atoms. The normalized spacial score (nSPS) is 20.7. The number of rotatable bonds is 5. The molecule has 2 aliphatic heterocycles. The van der Waals surface area contributed by atoms with Crippen molar-refractivity contribution in [1.82, 2.24) is 25.1 Å². The highest BCUT2D eigenvalue weighted by Crippen LogP contribution is 2.24. The van der Waals surface area contributed by atoms with E-state index >= 15 is 0 Å². The van der Waals surface area contributed by atoms with Crippen LogP contribution in [-0.2, 0) is 11.3 Å². The van der Waals surface area contributed by atoms with Crippen LogP contribution in [0.5, 0.6) is 0 Å². The maximum Gasteiger partial charge on any atom is 0.255 e. The van der Waals surface area contributed by atoms with Crippen molar-refractivity contribution >= 4 is 11.8 Å². The highest BCUT2D eigenvalue weighted by molar-refractivity contribution is 5.93. The molecule has 0 aromatic carbocycles. The number of pyridine rings is 2. The van der Waals surface area contributed by atoms with E-state index in [4.69, 9.17) is 0 Å². The topological polar surface area (TPSA) is 78.4 Å². The van der Waals surface area contributed by atoms with Gasteiger partial charge in [0.15, 0.2) is 0 Å². The molecule has 0 unspecified atom stereocenters. The van der Waals surface area contributed by atoms with Gasteiger partial charge in [0.1, 0.15) is 0 Å². The van der Waals surface area contributed by atoms with E-state index in [0.717, 1.165) is 57.4 Å². The number of carbonyl (C=O) groups excluding carboxylic acids is 2. The Bertz CT molecular complexity index is 837. The van der Waals surface area contributed by atoms with Crippen LogP contribution in [0, 0.1) is 5.92 Å². The Morgan fingerprint density at radius 3 is 2.47 bits per heavy atom. The van der Waals surface area contributed by atoms with Gasteiger partial charge in [0.25, 0.3) is 5.91 Å². The zero-order valence-electron chi connectivity index (χ0n) is 17.2. The summed E-state index contributed by atoms with van der Waals surface area (Å²) in [7, 11) is 0. The highest BCUT2D eigenvalue weighted by Gasteiger charge is 2.32. The molecular weight excluding hydrogens is 378 g/mol. The van der Waals surface area contributed by atoms with Crippen LogP contribution < -0.4 is 5.32 Å². The Labute approximate surface area is 177 Å². The predicted molar refractivity (Wildman–Crippen MR) is 114 cm³/mol.